The number of carboxylic acids is 1. The van der Waals surface area contributed by atoms with Gasteiger partial charge in [-0.3, -0.25) is 14.9 Å². The van der Waals surface area contributed by atoms with Crippen LogP contribution in [0.1, 0.15) is 39.1 Å². The van der Waals surface area contributed by atoms with Crippen molar-refractivity contribution in [1.82, 2.24) is 5.32 Å². The molecule has 2 aromatic rings. The van der Waals surface area contributed by atoms with Crippen LogP contribution < -0.4 is 10.2 Å². The van der Waals surface area contributed by atoms with Crippen molar-refractivity contribution < 1.29 is 19.6 Å². The highest BCUT2D eigenvalue weighted by Gasteiger charge is 2.23. The number of anilines is 1. The van der Waals surface area contributed by atoms with Crippen LogP contribution in [0.25, 0.3) is 0 Å². The van der Waals surface area contributed by atoms with Gasteiger partial charge in [-0.05, 0) is 49.1 Å². The van der Waals surface area contributed by atoms with Gasteiger partial charge >= 0.3 is 5.97 Å². The average Bonchev–Trinajstić information content (AvgIpc) is 3.22. The van der Waals surface area contributed by atoms with Gasteiger partial charge in [-0.15, -0.1) is 0 Å². The fourth-order valence-corrected chi connectivity index (χ4v) is 3.32. The van der Waals surface area contributed by atoms with Crippen LogP contribution in [0.4, 0.5) is 11.4 Å². The van der Waals surface area contributed by atoms with Crippen LogP contribution in [0.2, 0.25) is 0 Å². The van der Waals surface area contributed by atoms with Gasteiger partial charge in [-0.2, -0.15) is 0 Å². The van der Waals surface area contributed by atoms with Crippen LogP contribution in [-0.4, -0.2) is 41.5 Å². The quantitative estimate of drug-likeness (QED) is 0.561. The molecular weight excluding hydrogens is 362 g/mol. The van der Waals surface area contributed by atoms with Gasteiger partial charge in [0.25, 0.3) is 11.6 Å². The van der Waals surface area contributed by atoms with Crippen molar-refractivity contribution in [2.45, 2.75) is 19.3 Å². The molecule has 1 aliphatic rings. The van der Waals surface area contributed by atoms with E-state index >= 15 is 0 Å². The Morgan fingerprint density at radius 3 is 2.54 bits per heavy atom. The zero-order valence-electron chi connectivity index (χ0n) is 15.3. The van der Waals surface area contributed by atoms with Gasteiger partial charge in [-0.25, -0.2) is 4.79 Å². The summed E-state index contributed by atoms with van der Waals surface area (Å²) in [5, 5.41) is 23.2. The lowest BCUT2D eigenvalue weighted by Crippen LogP contribution is -2.26. The molecule has 0 atom stereocenters. The molecule has 28 heavy (non-hydrogen) atoms. The molecule has 0 aromatic heterocycles. The number of carboxylic acid groups (broad SMARTS) is 1. The van der Waals surface area contributed by atoms with Crippen molar-refractivity contribution in [2.75, 3.05) is 24.5 Å². The number of hydrogen-bond donors (Lipinski definition) is 2. The number of nitrogens with one attached hydrogen (secondary N) is 1. The molecule has 0 unspecified atom stereocenters. The van der Waals surface area contributed by atoms with Crippen molar-refractivity contribution >= 4 is 23.3 Å². The van der Waals surface area contributed by atoms with E-state index in [1.165, 1.54) is 12.1 Å². The summed E-state index contributed by atoms with van der Waals surface area (Å²) >= 11 is 0. The molecule has 0 bridgehead atoms. The Bertz CT molecular complexity index is 906. The SMILES string of the molecule is O=C(O)c1cccc(CCNC(=O)c2ccc(N3CCCC3)c([N+](=O)[O-])c2)c1. The Hall–Kier alpha value is -3.42. The highest BCUT2D eigenvalue weighted by Crippen LogP contribution is 2.31. The van der Waals surface area contributed by atoms with Gasteiger partial charge in [0.2, 0.25) is 0 Å². The standard InChI is InChI=1S/C20H21N3O5/c24-19(21-9-8-14-4-3-5-16(12-14)20(25)26)15-6-7-17(18(13-15)23(27)28)22-10-1-2-11-22/h3-7,12-13H,1-2,8-11H2,(H,21,24)(H,25,26). The summed E-state index contributed by atoms with van der Waals surface area (Å²) < 4.78 is 0. The summed E-state index contributed by atoms with van der Waals surface area (Å²) in [4.78, 5) is 36.3. The number of carbonyl (C=O) groups is 2. The van der Waals surface area contributed by atoms with Gasteiger partial charge in [0.1, 0.15) is 5.69 Å². The predicted octanol–water partition coefficient (Wildman–Crippen LogP) is 2.87. The molecule has 1 saturated heterocycles. The molecule has 1 heterocycles. The molecule has 1 fully saturated rings. The van der Waals surface area contributed by atoms with Gasteiger partial charge in [0.05, 0.1) is 10.5 Å². The first-order valence-electron chi connectivity index (χ1n) is 9.09. The lowest BCUT2D eigenvalue weighted by molar-refractivity contribution is -0.384. The molecule has 2 aromatic carbocycles. The smallest absolute Gasteiger partial charge is 0.335 e. The molecular formula is C20H21N3O5. The van der Waals surface area contributed by atoms with E-state index in [-0.39, 0.29) is 16.8 Å². The minimum Gasteiger partial charge on any atom is -0.478 e. The topological polar surface area (TPSA) is 113 Å². The second-order valence-electron chi connectivity index (χ2n) is 6.67. The number of benzene rings is 2. The third kappa shape index (κ3) is 4.46. The Labute approximate surface area is 161 Å². The predicted molar refractivity (Wildman–Crippen MR) is 104 cm³/mol. The second-order valence-corrected chi connectivity index (χ2v) is 6.67. The van der Waals surface area contributed by atoms with Crippen LogP contribution in [0.15, 0.2) is 42.5 Å². The number of nitro groups is 1. The highest BCUT2D eigenvalue weighted by molar-refractivity contribution is 5.95. The molecule has 0 aliphatic carbocycles. The number of nitro benzene ring substituents is 1. The van der Waals surface area contributed by atoms with E-state index in [9.17, 15) is 19.7 Å². The molecule has 8 nitrogen and oxygen atoms in total. The highest BCUT2D eigenvalue weighted by atomic mass is 16.6. The zero-order chi connectivity index (χ0) is 20.1. The van der Waals surface area contributed by atoms with Gasteiger partial charge < -0.3 is 15.3 Å². The molecule has 1 aliphatic heterocycles. The number of hydrogen-bond acceptors (Lipinski definition) is 5. The van der Waals surface area contributed by atoms with Crippen LogP contribution in [-0.2, 0) is 6.42 Å². The van der Waals surface area contributed by atoms with Gasteiger partial charge in [0.15, 0.2) is 0 Å². The third-order valence-corrected chi connectivity index (χ3v) is 4.75. The van der Waals surface area contributed by atoms with Crippen molar-refractivity contribution in [3.05, 3.63) is 69.3 Å². The average molecular weight is 383 g/mol. The van der Waals surface area contributed by atoms with E-state index in [2.05, 4.69) is 5.32 Å². The Kier molecular flexibility index (Phi) is 5.88. The molecule has 0 radical (unpaired) electrons. The van der Waals surface area contributed by atoms with E-state index in [1.54, 1.807) is 30.3 Å². The summed E-state index contributed by atoms with van der Waals surface area (Å²) in [5.74, 6) is -1.40. The number of aromatic carboxylic acids is 1. The molecule has 2 N–H and O–H groups in total. The maximum Gasteiger partial charge on any atom is 0.335 e. The van der Waals surface area contributed by atoms with Gasteiger partial charge in [0, 0.05) is 31.3 Å². The first-order chi connectivity index (χ1) is 13.5. The third-order valence-electron chi connectivity index (χ3n) is 4.75. The zero-order valence-corrected chi connectivity index (χ0v) is 15.3. The van der Waals surface area contributed by atoms with E-state index in [4.69, 9.17) is 5.11 Å². The summed E-state index contributed by atoms with van der Waals surface area (Å²) in [5.41, 5.74) is 1.69. The maximum atomic E-state index is 12.4. The molecule has 0 spiro atoms. The summed E-state index contributed by atoms with van der Waals surface area (Å²) in [7, 11) is 0. The van der Waals surface area contributed by atoms with Crippen molar-refractivity contribution in [1.29, 1.82) is 0 Å². The monoisotopic (exact) mass is 383 g/mol. The number of amides is 1. The van der Waals surface area contributed by atoms with E-state index in [1.807, 2.05) is 4.90 Å². The summed E-state index contributed by atoms with van der Waals surface area (Å²) in [6, 6.07) is 11.1. The molecule has 1 amide bonds. The van der Waals surface area contributed by atoms with Crippen LogP contribution in [0.3, 0.4) is 0 Å². The van der Waals surface area contributed by atoms with E-state index in [0.29, 0.717) is 18.7 Å². The Morgan fingerprint density at radius 1 is 1.11 bits per heavy atom. The Morgan fingerprint density at radius 2 is 1.86 bits per heavy atom. The Balaban J connectivity index is 1.65. The largest absolute Gasteiger partial charge is 0.478 e. The summed E-state index contributed by atoms with van der Waals surface area (Å²) in [6.45, 7) is 1.85. The molecule has 0 saturated carbocycles. The first-order valence-corrected chi connectivity index (χ1v) is 9.09. The first kappa shape index (κ1) is 19.3. The van der Waals surface area contributed by atoms with E-state index in [0.717, 1.165) is 31.5 Å². The van der Waals surface area contributed by atoms with Crippen LogP contribution in [0.5, 0.6) is 0 Å². The molecule has 146 valence electrons. The molecule has 8 heteroatoms. The number of carbonyl (C=O) groups excluding carboxylic acids is 1. The fraction of sp³-hybridized carbons (Fsp3) is 0.300. The van der Waals surface area contributed by atoms with Crippen molar-refractivity contribution in [3.8, 4) is 0 Å². The fourth-order valence-electron chi connectivity index (χ4n) is 3.32. The van der Waals surface area contributed by atoms with E-state index < -0.39 is 16.8 Å². The van der Waals surface area contributed by atoms with Crippen molar-refractivity contribution in [2.24, 2.45) is 0 Å². The number of nitrogens with zero attached hydrogens (tertiary/aromatic N) is 2. The second kappa shape index (κ2) is 8.51. The molecule has 3 rings (SSSR count). The number of rotatable bonds is 7. The van der Waals surface area contributed by atoms with Gasteiger partial charge in [-0.1, -0.05) is 12.1 Å². The minimum absolute atomic E-state index is 0.0660. The summed E-state index contributed by atoms with van der Waals surface area (Å²) in [6.07, 6.45) is 2.46. The normalized spacial score (nSPS) is 13.4. The minimum atomic E-state index is -1.00. The lowest BCUT2D eigenvalue weighted by atomic mass is 10.1. The van der Waals surface area contributed by atoms with Crippen LogP contribution in [0, 0.1) is 10.1 Å². The van der Waals surface area contributed by atoms with Crippen LogP contribution >= 0.6 is 0 Å². The lowest BCUT2D eigenvalue weighted by Gasteiger charge is -2.17. The van der Waals surface area contributed by atoms with Crippen molar-refractivity contribution in [3.63, 3.8) is 0 Å². The maximum absolute atomic E-state index is 12.4.